The van der Waals surface area contributed by atoms with Crippen molar-refractivity contribution in [1.82, 2.24) is 0 Å². The van der Waals surface area contributed by atoms with Gasteiger partial charge in [0.15, 0.2) is 16.4 Å². The number of phenols is 1. The third-order valence-electron chi connectivity index (χ3n) is 3.00. The third kappa shape index (κ3) is 4.56. The van der Waals surface area contributed by atoms with E-state index < -0.39 is 28.3 Å². The predicted octanol–water partition coefficient (Wildman–Crippen LogP) is 1.59. The lowest BCUT2D eigenvalue weighted by atomic mass is 10.2. The molecule has 0 fully saturated rings. The number of hydrogen-bond acceptors (Lipinski definition) is 6. The normalized spacial score (nSPS) is 10.9. The molecule has 0 saturated carbocycles. The second-order valence-corrected chi connectivity index (χ2v) is 6.96. The maximum atomic E-state index is 11.8. The van der Waals surface area contributed by atoms with Gasteiger partial charge in [-0.3, -0.25) is 4.79 Å². The Bertz CT molecular complexity index is 876. The highest BCUT2D eigenvalue weighted by molar-refractivity contribution is 7.90. The molecule has 8 heteroatoms. The Labute approximate surface area is 138 Å². The topological polar surface area (TPSA) is 110 Å². The Morgan fingerprint density at radius 3 is 2.50 bits per heavy atom. The zero-order valence-corrected chi connectivity index (χ0v) is 13.5. The molecule has 0 aromatic heterocycles. The van der Waals surface area contributed by atoms with Crippen LogP contribution in [0.4, 0.5) is 5.69 Å². The average molecular weight is 349 g/mol. The summed E-state index contributed by atoms with van der Waals surface area (Å²) in [6.07, 6.45) is 1.06. The number of sulfone groups is 1. The predicted molar refractivity (Wildman–Crippen MR) is 86.6 cm³/mol. The molecule has 0 saturated heterocycles. The van der Waals surface area contributed by atoms with Crippen LogP contribution in [0.25, 0.3) is 0 Å². The van der Waals surface area contributed by atoms with Gasteiger partial charge < -0.3 is 15.2 Å². The van der Waals surface area contributed by atoms with Crippen molar-refractivity contribution in [1.29, 1.82) is 0 Å². The Morgan fingerprint density at radius 1 is 1.12 bits per heavy atom. The van der Waals surface area contributed by atoms with Crippen molar-refractivity contribution in [2.75, 3.05) is 18.2 Å². The van der Waals surface area contributed by atoms with Crippen LogP contribution in [0.15, 0.2) is 53.4 Å². The zero-order chi connectivity index (χ0) is 17.7. The van der Waals surface area contributed by atoms with Gasteiger partial charge in [0.1, 0.15) is 11.3 Å². The standard InChI is InChI=1S/C16H15NO6S/c1-24(21,22)12-6-4-5-11(9-12)17-15(19)10-23-16(20)13-7-2-3-8-14(13)18/h2-9,18H,10H2,1H3,(H,17,19). The molecule has 0 spiro atoms. The lowest BCUT2D eigenvalue weighted by Crippen LogP contribution is -2.21. The zero-order valence-electron chi connectivity index (χ0n) is 12.7. The number of anilines is 1. The monoisotopic (exact) mass is 349 g/mol. The number of phenolic OH excluding ortho intramolecular Hbond substituents is 1. The minimum Gasteiger partial charge on any atom is -0.507 e. The molecule has 0 bridgehead atoms. The molecule has 0 atom stereocenters. The molecule has 0 aliphatic rings. The number of carbonyl (C=O) groups excluding carboxylic acids is 2. The fourth-order valence-corrected chi connectivity index (χ4v) is 2.52. The van der Waals surface area contributed by atoms with E-state index in [1.807, 2.05) is 0 Å². The van der Waals surface area contributed by atoms with Gasteiger partial charge in [-0.25, -0.2) is 13.2 Å². The number of amides is 1. The SMILES string of the molecule is CS(=O)(=O)c1cccc(NC(=O)COC(=O)c2ccccc2O)c1. The number of carbonyl (C=O) groups is 2. The van der Waals surface area contributed by atoms with Crippen molar-refractivity contribution < 1.29 is 27.9 Å². The first-order chi connectivity index (χ1) is 11.3. The number of esters is 1. The van der Waals surface area contributed by atoms with E-state index in [9.17, 15) is 23.1 Å². The van der Waals surface area contributed by atoms with Crippen LogP contribution in [0.1, 0.15) is 10.4 Å². The second kappa shape index (κ2) is 7.14. The van der Waals surface area contributed by atoms with E-state index in [0.29, 0.717) is 0 Å². The summed E-state index contributed by atoms with van der Waals surface area (Å²) in [5.74, 6) is -1.72. The Hall–Kier alpha value is -2.87. The maximum Gasteiger partial charge on any atom is 0.342 e. The summed E-state index contributed by atoms with van der Waals surface area (Å²) in [5, 5.41) is 12.0. The van der Waals surface area contributed by atoms with Gasteiger partial charge in [-0.05, 0) is 30.3 Å². The molecular formula is C16H15NO6S. The molecule has 2 N–H and O–H groups in total. The van der Waals surface area contributed by atoms with E-state index in [4.69, 9.17) is 4.74 Å². The summed E-state index contributed by atoms with van der Waals surface area (Å²) in [7, 11) is -3.39. The number of rotatable bonds is 5. The van der Waals surface area contributed by atoms with Crippen LogP contribution < -0.4 is 5.32 Å². The fraction of sp³-hybridized carbons (Fsp3) is 0.125. The van der Waals surface area contributed by atoms with E-state index in [2.05, 4.69) is 5.32 Å². The molecule has 1 amide bonds. The number of nitrogens with one attached hydrogen (secondary N) is 1. The molecular weight excluding hydrogens is 334 g/mol. The van der Waals surface area contributed by atoms with E-state index in [0.717, 1.165) is 6.26 Å². The summed E-state index contributed by atoms with van der Waals surface area (Å²) in [6.45, 7) is -0.573. The molecule has 7 nitrogen and oxygen atoms in total. The summed E-state index contributed by atoms with van der Waals surface area (Å²) < 4.78 is 27.7. The Balaban J connectivity index is 1.97. The second-order valence-electron chi connectivity index (χ2n) is 4.94. The van der Waals surface area contributed by atoms with Gasteiger partial charge in [0.05, 0.1) is 4.90 Å². The van der Waals surface area contributed by atoms with Crippen LogP contribution in [0.3, 0.4) is 0 Å². The van der Waals surface area contributed by atoms with E-state index in [1.54, 1.807) is 12.1 Å². The minimum absolute atomic E-state index is 0.0515. The van der Waals surface area contributed by atoms with Crippen LogP contribution in [0.2, 0.25) is 0 Å². The van der Waals surface area contributed by atoms with Gasteiger partial charge in [-0.1, -0.05) is 18.2 Å². The van der Waals surface area contributed by atoms with Crippen LogP contribution >= 0.6 is 0 Å². The summed E-state index contributed by atoms with van der Waals surface area (Å²) in [6, 6.07) is 11.5. The van der Waals surface area contributed by atoms with Crippen molar-refractivity contribution >= 4 is 27.4 Å². The molecule has 24 heavy (non-hydrogen) atoms. The van der Waals surface area contributed by atoms with Crippen molar-refractivity contribution in [2.45, 2.75) is 4.90 Å². The fourth-order valence-electron chi connectivity index (χ4n) is 1.86. The highest BCUT2D eigenvalue weighted by Crippen LogP contribution is 2.17. The number of para-hydroxylation sites is 1. The van der Waals surface area contributed by atoms with Gasteiger partial charge in [0, 0.05) is 11.9 Å². The first kappa shape index (κ1) is 17.5. The average Bonchev–Trinajstić information content (AvgIpc) is 2.52. The number of benzene rings is 2. The summed E-state index contributed by atoms with van der Waals surface area (Å²) >= 11 is 0. The van der Waals surface area contributed by atoms with Crippen LogP contribution in [0, 0.1) is 0 Å². The molecule has 0 heterocycles. The largest absolute Gasteiger partial charge is 0.507 e. The highest BCUT2D eigenvalue weighted by Gasteiger charge is 2.14. The van der Waals surface area contributed by atoms with Crippen molar-refractivity contribution in [3.8, 4) is 5.75 Å². The Morgan fingerprint density at radius 2 is 1.83 bits per heavy atom. The number of aromatic hydroxyl groups is 1. The van der Waals surface area contributed by atoms with Crippen LogP contribution in [-0.4, -0.2) is 38.3 Å². The number of ether oxygens (including phenoxy) is 1. The van der Waals surface area contributed by atoms with E-state index >= 15 is 0 Å². The maximum absolute atomic E-state index is 11.8. The van der Waals surface area contributed by atoms with E-state index in [-0.39, 0.29) is 21.9 Å². The first-order valence-corrected chi connectivity index (χ1v) is 8.71. The van der Waals surface area contributed by atoms with Crippen LogP contribution in [-0.2, 0) is 19.4 Å². The molecule has 2 rings (SSSR count). The van der Waals surface area contributed by atoms with Gasteiger partial charge >= 0.3 is 5.97 Å². The minimum atomic E-state index is -3.39. The Kier molecular flexibility index (Phi) is 5.20. The van der Waals surface area contributed by atoms with Crippen molar-refractivity contribution in [3.63, 3.8) is 0 Å². The quantitative estimate of drug-likeness (QED) is 0.793. The van der Waals surface area contributed by atoms with Crippen LogP contribution in [0.5, 0.6) is 5.75 Å². The highest BCUT2D eigenvalue weighted by atomic mass is 32.2. The molecule has 2 aromatic rings. The summed E-state index contributed by atoms with van der Waals surface area (Å²) in [4.78, 5) is 23.6. The van der Waals surface area contributed by atoms with Crippen molar-refractivity contribution in [2.24, 2.45) is 0 Å². The molecule has 2 aromatic carbocycles. The molecule has 0 aliphatic heterocycles. The van der Waals surface area contributed by atoms with Gasteiger partial charge in [0.25, 0.3) is 5.91 Å². The van der Waals surface area contributed by atoms with Crippen molar-refractivity contribution in [3.05, 3.63) is 54.1 Å². The first-order valence-electron chi connectivity index (χ1n) is 6.82. The molecule has 126 valence electrons. The van der Waals surface area contributed by atoms with Gasteiger partial charge in [0.2, 0.25) is 0 Å². The van der Waals surface area contributed by atoms with E-state index in [1.165, 1.54) is 36.4 Å². The molecule has 0 unspecified atom stereocenters. The molecule has 0 radical (unpaired) electrons. The van der Waals surface area contributed by atoms with Gasteiger partial charge in [-0.15, -0.1) is 0 Å². The molecule has 0 aliphatic carbocycles. The summed E-state index contributed by atoms with van der Waals surface area (Å²) in [5.41, 5.74) is 0.214. The van der Waals surface area contributed by atoms with Gasteiger partial charge in [-0.2, -0.15) is 0 Å². The third-order valence-corrected chi connectivity index (χ3v) is 4.11. The smallest absolute Gasteiger partial charge is 0.342 e. The lowest BCUT2D eigenvalue weighted by Gasteiger charge is -2.08. The number of hydrogen-bond donors (Lipinski definition) is 2. The lowest BCUT2D eigenvalue weighted by molar-refractivity contribution is -0.119.